The number of hydrogen-bond acceptors (Lipinski definition) is 5. The molecule has 0 aromatic heterocycles. The standard InChI is InChI=1S/C19H22N4O4/c1-3-17(24)21-15-6-4-5-13(11-15)19(26)23-22-18(25)12-20-14-7-9-16(27-2)10-8-14/h4-11,20H,3,12H2,1-2H3,(H,21,24)(H,22,25)(H,23,26). The molecule has 0 aliphatic heterocycles. The van der Waals surface area contributed by atoms with Gasteiger partial charge in [0, 0.05) is 23.4 Å². The Morgan fingerprint density at radius 3 is 2.33 bits per heavy atom. The minimum Gasteiger partial charge on any atom is -0.497 e. The monoisotopic (exact) mass is 370 g/mol. The van der Waals surface area contributed by atoms with E-state index in [9.17, 15) is 14.4 Å². The Bertz CT molecular complexity index is 806. The van der Waals surface area contributed by atoms with Crippen molar-refractivity contribution in [2.45, 2.75) is 13.3 Å². The van der Waals surface area contributed by atoms with Gasteiger partial charge >= 0.3 is 0 Å². The molecule has 0 atom stereocenters. The maximum atomic E-state index is 12.1. The van der Waals surface area contributed by atoms with Gasteiger partial charge in [-0.2, -0.15) is 0 Å². The van der Waals surface area contributed by atoms with Crippen molar-refractivity contribution in [2.24, 2.45) is 0 Å². The molecule has 0 aliphatic rings. The second-order valence-corrected chi connectivity index (χ2v) is 5.57. The summed E-state index contributed by atoms with van der Waals surface area (Å²) in [6, 6.07) is 13.5. The van der Waals surface area contributed by atoms with E-state index in [4.69, 9.17) is 4.74 Å². The smallest absolute Gasteiger partial charge is 0.269 e. The summed E-state index contributed by atoms with van der Waals surface area (Å²) in [5, 5.41) is 5.60. The van der Waals surface area contributed by atoms with Gasteiger partial charge in [-0.1, -0.05) is 13.0 Å². The lowest BCUT2D eigenvalue weighted by molar-refractivity contribution is -0.120. The fraction of sp³-hybridized carbons (Fsp3) is 0.211. The van der Waals surface area contributed by atoms with Crippen LogP contribution in [0.15, 0.2) is 48.5 Å². The van der Waals surface area contributed by atoms with Crippen LogP contribution < -0.4 is 26.2 Å². The molecule has 0 heterocycles. The van der Waals surface area contributed by atoms with Crippen LogP contribution >= 0.6 is 0 Å². The van der Waals surface area contributed by atoms with E-state index in [0.717, 1.165) is 11.4 Å². The molecule has 0 bridgehead atoms. The number of ether oxygens (including phenoxy) is 1. The molecule has 27 heavy (non-hydrogen) atoms. The summed E-state index contributed by atoms with van der Waals surface area (Å²) in [5.41, 5.74) is 6.24. The van der Waals surface area contributed by atoms with Crippen molar-refractivity contribution >= 4 is 29.1 Å². The number of benzene rings is 2. The SMILES string of the molecule is CCC(=O)Nc1cccc(C(=O)NNC(=O)CNc2ccc(OC)cc2)c1. The molecule has 0 saturated heterocycles. The summed E-state index contributed by atoms with van der Waals surface area (Å²) in [6.45, 7) is 1.72. The second kappa shape index (κ2) is 9.81. The lowest BCUT2D eigenvalue weighted by Crippen LogP contribution is -2.44. The van der Waals surface area contributed by atoms with Crippen LogP contribution in [0.2, 0.25) is 0 Å². The lowest BCUT2D eigenvalue weighted by Gasteiger charge is -2.10. The number of methoxy groups -OCH3 is 1. The second-order valence-electron chi connectivity index (χ2n) is 5.57. The Hall–Kier alpha value is -3.55. The Morgan fingerprint density at radius 2 is 1.67 bits per heavy atom. The van der Waals surface area contributed by atoms with Gasteiger partial charge in [-0.15, -0.1) is 0 Å². The average molecular weight is 370 g/mol. The van der Waals surface area contributed by atoms with Crippen LogP contribution in [0.3, 0.4) is 0 Å². The highest BCUT2D eigenvalue weighted by atomic mass is 16.5. The quantitative estimate of drug-likeness (QED) is 0.557. The van der Waals surface area contributed by atoms with Crippen LogP contribution in [0.4, 0.5) is 11.4 Å². The molecular formula is C19H22N4O4. The fourth-order valence-corrected chi connectivity index (χ4v) is 2.12. The third kappa shape index (κ3) is 6.35. The predicted molar refractivity (Wildman–Crippen MR) is 102 cm³/mol. The van der Waals surface area contributed by atoms with Gasteiger partial charge in [-0.05, 0) is 42.5 Å². The molecule has 0 spiro atoms. The number of carbonyl (C=O) groups excluding carboxylic acids is 3. The number of anilines is 2. The summed E-state index contributed by atoms with van der Waals surface area (Å²) >= 11 is 0. The van der Waals surface area contributed by atoms with E-state index >= 15 is 0 Å². The van der Waals surface area contributed by atoms with E-state index in [1.54, 1.807) is 56.5 Å². The Balaban J connectivity index is 1.81. The molecule has 0 unspecified atom stereocenters. The highest BCUT2D eigenvalue weighted by Crippen LogP contribution is 2.14. The highest BCUT2D eigenvalue weighted by Gasteiger charge is 2.09. The minimum atomic E-state index is -0.486. The average Bonchev–Trinajstić information content (AvgIpc) is 2.70. The maximum absolute atomic E-state index is 12.1. The molecule has 4 N–H and O–H groups in total. The molecule has 8 nitrogen and oxygen atoms in total. The highest BCUT2D eigenvalue weighted by molar-refractivity contribution is 5.98. The number of hydrazine groups is 1. The van der Waals surface area contributed by atoms with Crippen LogP contribution in [-0.2, 0) is 9.59 Å². The summed E-state index contributed by atoms with van der Waals surface area (Å²) < 4.78 is 5.06. The van der Waals surface area contributed by atoms with Crippen molar-refractivity contribution in [3.05, 3.63) is 54.1 Å². The normalized spacial score (nSPS) is 9.85. The van der Waals surface area contributed by atoms with Crippen LogP contribution in [-0.4, -0.2) is 31.4 Å². The molecule has 0 fully saturated rings. The number of rotatable bonds is 7. The fourth-order valence-electron chi connectivity index (χ4n) is 2.12. The van der Waals surface area contributed by atoms with E-state index in [-0.39, 0.29) is 12.5 Å². The number of hydrogen-bond donors (Lipinski definition) is 4. The molecule has 0 saturated carbocycles. The summed E-state index contributed by atoms with van der Waals surface area (Å²) in [4.78, 5) is 35.4. The maximum Gasteiger partial charge on any atom is 0.269 e. The van der Waals surface area contributed by atoms with E-state index in [1.165, 1.54) is 6.07 Å². The first-order chi connectivity index (χ1) is 13.0. The largest absolute Gasteiger partial charge is 0.497 e. The van der Waals surface area contributed by atoms with Crippen molar-refractivity contribution in [1.29, 1.82) is 0 Å². The Kier molecular flexibility index (Phi) is 7.18. The molecule has 0 radical (unpaired) electrons. The van der Waals surface area contributed by atoms with E-state index < -0.39 is 11.8 Å². The zero-order valence-corrected chi connectivity index (χ0v) is 15.2. The van der Waals surface area contributed by atoms with Gasteiger partial charge in [-0.25, -0.2) is 0 Å². The lowest BCUT2D eigenvalue weighted by atomic mass is 10.2. The molecule has 2 aromatic rings. The van der Waals surface area contributed by atoms with E-state index in [2.05, 4.69) is 21.5 Å². The van der Waals surface area contributed by atoms with Gasteiger partial charge in [0.15, 0.2) is 0 Å². The Labute approximate surface area is 157 Å². The molecule has 0 aliphatic carbocycles. The molecule has 8 heteroatoms. The van der Waals surface area contributed by atoms with Crippen molar-refractivity contribution in [1.82, 2.24) is 10.9 Å². The third-order valence-electron chi connectivity index (χ3n) is 3.59. The number of amides is 3. The molecule has 2 rings (SSSR count). The predicted octanol–water partition coefficient (Wildman–Crippen LogP) is 1.92. The van der Waals surface area contributed by atoms with Crippen LogP contribution in [0.5, 0.6) is 5.75 Å². The minimum absolute atomic E-state index is 0.0147. The van der Waals surface area contributed by atoms with Crippen molar-refractivity contribution < 1.29 is 19.1 Å². The van der Waals surface area contributed by atoms with Crippen molar-refractivity contribution in [3.63, 3.8) is 0 Å². The van der Waals surface area contributed by atoms with E-state index in [1.807, 2.05) is 0 Å². The molecule has 2 aromatic carbocycles. The topological polar surface area (TPSA) is 109 Å². The Morgan fingerprint density at radius 1 is 0.926 bits per heavy atom. The zero-order chi connectivity index (χ0) is 19.6. The summed E-state index contributed by atoms with van der Waals surface area (Å²) in [6.07, 6.45) is 0.341. The van der Waals surface area contributed by atoms with Crippen LogP contribution in [0.1, 0.15) is 23.7 Å². The van der Waals surface area contributed by atoms with E-state index in [0.29, 0.717) is 17.7 Å². The van der Waals surface area contributed by atoms with Gasteiger partial charge in [0.1, 0.15) is 5.75 Å². The zero-order valence-electron chi connectivity index (χ0n) is 15.2. The van der Waals surface area contributed by atoms with Crippen molar-refractivity contribution in [2.75, 3.05) is 24.3 Å². The van der Waals surface area contributed by atoms with Gasteiger partial charge in [0.25, 0.3) is 11.8 Å². The molecular weight excluding hydrogens is 348 g/mol. The van der Waals surface area contributed by atoms with Crippen LogP contribution in [0.25, 0.3) is 0 Å². The molecule has 142 valence electrons. The number of nitrogens with one attached hydrogen (secondary N) is 4. The first kappa shape index (κ1) is 19.8. The van der Waals surface area contributed by atoms with Gasteiger partial charge in [-0.3, -0.25) is 25.2 Å². The van der Waals surface area contributed by atoms with Gasteiger partial charge in [0.2, 0.25) is 5.91 Å². The first-order valence-electron chi connectivity index (χ1n) is 8.39. The molecule has 3 amide bonds. The van der Waals surface area contributed by atoms with Crippen molar-refractivity contribution in [3.8, 4) is 5.75 Å². The summed E-state index contributed by atoms with van der Waals surface area (Å²) in [5.74, 6) is -0.324. The summed E-state index contributed by atoms with van der Waals surface area (Å²) in [7, 11) is 1.58. The van der Waals surface area contributed by atoms with Crippen LogP contribution in [0, 0.1) is 0 Å². The van der Waals surface area contributed by atoms with Gasteiger partial charge in [0.05, 0.1) is 13.7 Å². The van der Waals surface area contributed by atoms with Gasteiger partial charge < -0.3 is 15.4 Å². The number of carbonyl (C=O) groups is 3. The first-order valence-corrected chi connectivity index (χ1v) is 8.39. The third-order valence-corrected chi connectivity index (χ3v) is 3.59.